The van der Waals surface area contributed by atoms with E-state index in [0.29, 0.717) is 15.6 Å². The summed E-state index contributed by atoms with van der Waals surface area (Å²) in [5.41, 5.74) is 2.81. The van der Waals surface area contributed by atoms with Gasteiger partial charge in [0.1, 0.15) is 10.0 Å². The highest BCUT2D eigenvalue weighted by molar-refractivity contribution is 7.15. The molecule has 1 heterocycles. The zero-order valence-electron chi connectivity index (χ0n) is 15.4. The molecule has 158 valence electrons. The Labute approximate surface area is 189 Å². The maximum Gasteiger partial charge on any atom is 0.287 e. The van der Waals surface area contributed by atoms with Gasteiger partial charge in [0.15, 0.2) is 0 Å². The lowest BCUT2D eigenvalue weighted by Gasteiger charge is -2.02. The summed E-state index contributed by atoms with van der Waals surface area (Å²) >= 11 is 12.8. The summed E-state index contributed by atoms with van der Waals surface area (Å²) in [5, 5.41) is 25.6. The maximum atomic E-state index is 12.3. The third-order valence-corrected chi connectivity index (χ3v) is 5.19. The highest BCUT2D eigenvalue weighted by Gasteiger charge is 2.17. The van der Waals surface area contributed by atoms with Crippen molar-refractivity contribution in [1.82, 2.24) is 15.6 Å². The molecule has 0 unspecified atom stereocenters. The SMILES string of the molecule is O=C(Cc1nnc(NC(=O)c2ccc([N+](=O)[O-])c(Cl)c2)s1)N/N=C\c1ccccc1Cl. The van der Waals surface area contributed by atoms with Crippen LogP contribution in [0, 0.1) is 10.1 Å². The van der Waals surface area contributed by atoms with Crippen LogP contribution in [0.2, 0.25) is 10.0 Å². The highest BCUT2D eigenvalue weighted by atomic mass is 35.5. The van der Waals surface area contributed by atoms with Crippen molar-refractivity contribution in [3.8, 4) is 0 Å². The number of hydrazone groups is 1. The highest BCUT2D eigenvalue weighted by Crippen LogP contribution is 2.25. The minimum absolute atomic E-state index is 0.100. The molecule has 3 aromatic rings. The Hall–Kier alpha value is -3.41. The number of halogens is 2. The Balaban J connectivity index is 1.55. The molecule has 0 atom stereocenters. The first-order chi connectivity index (χ1) is 14.8. The summed E-state index contributed by atoms with van der Waals surface area (Å²) in [6.45, 7) is 0. The summed E-state index contributed by atoms with van der Waals surface area (Å²) in [5.74, 6) is -1.01. The first-order valence-corrected chi connectivity index (χ1v) is 10.0. The molecule has 0 spiro atoms. The van der Waals surface area contributed by atoms with Gasteiger partial charge in [-0.25, -0.2) is 5.43 Å². The molecule has 2 aromatic carbocycles. The molecule has 0 aliphatic heterocycles. The van der Waals surface area contributed by atoms with Crippen LogP contribution in [-0.2, 0) is 11.2 Å². The number of carbonyl (C=O) groups is 2. The van der Waals surface area contributed by atoms with Crippen LogP contribution in [0.1, 0.15) is 20.9 Å². The molecule has 3 rings (SSSR count). The quantitative estimate of drug-likeness (QED) is 0.301. The van der Waals surface area contributed by atoms with E-state index in [0.717, 1.165) is 17.4 Å². The van der Waals surface area contributed by atoms with E-state index in [1.54, 1.807) is 24.3 Å². The Morgan fingerprint density at radius 3 is 2.65 bits per heavy atom. The molecule has 0 saturated heterocycles. The molecule has 0 radical (unpaired) electrons. The average Bonchev–Trinajstić information content (AvgIpc) is 3.15. The summed E-state index contributed by atoms with van der Waals surface area (Å²) in [7, 11) is 0. The van der Waals surface area contributed by atoms with Gasteiger partial charge >= 0.3 is 0 Å². The van der Waals surface area contributed by atoms with Crippen LogP contribution in [0.3, 0.4) is 0 Å². The number of hydrogen-bond donors (Lipinski definition) is 2. The van der Waals surface area contributed by atoms with E-state index in [9.17, 15) is 19.7 Å². The maximum absolute atomic E-state index is 12.3. The van der Waals surface area contributed by atoms with Gasteiger partial charge in [-0.1, -0.05) is 52.7 Å². The fraction of sp³-hybridized carbons (Fsp3) is 0.0556. The van der Waals surface area contributed by atoms with Gasteiger partial charge < -0.3 is 0 Å². The van der Waals surface area contributed by atoms with E-state index in [-0.39, 0.29) is 27.8 Å². The Morgan fingerprint density at radius 1 is 1.16 bits per heavy atom. The number of nitrogens with one attached hydrogen (secondary N) is 2. The number of carbonyl (C=O) groups excluding carboxylic acids is 2. The van der Waals surface area contributed by atoms with Crippen molar-refractivity contribution in [3.05, 3.63) is 78.8 Å². The van der Waals surface area contributed by atoms with Crippen LogP contribution in [-0.4, -0.2) is 33.1 Å². The molecule has 13 heteroatoms. The molecule has 0 bridgehead atoms. The molecule has 0 aliphatic rings. The van der Waals surface area contributed by atoms with Crippen LogP contribution < -0.4 is 10.7 Å². The van der Waals surface area contributed by atoms with Crippen LogP contribution in [0.25, 0.3) is 0 Å². The second kappa shape index (κ2) is 10.1. The monoisotopic (exact) mass is 478 g/mol. The van der Waals surface area contributed by atoms with Gasteiger partial charge in [-0.05, 0) is 18.2 Å². The molecule has 0 aliphatic carbocycles. The van der Waals surface area contributed by atoms with Gasteiger partial charge in [-0.15, -0.1) is 10.2 Å². The minimum atomic E-state index is -0.648. The second-order valence-electron chi connectivity index (χ2n) is 5.87. The second-order valence-corrected chi connectivity index (χ2v) is 7.75. The molecule has 1 aromatic heterocycles. The van der Waals surface area contributed by atoms with Gasteiger partial charge in [0.05, 0.1) is 17.6 Å². The zero-order chi connectivity index (χ0) is 22.4. The van der Waals surface area contributed by atoms with E-state index >= 15 is 0 Å². The van der Waals surface area contributed by atoms with Crippen molar-refractivity contribution in [2.24, 2.45) is 5.10 Å². The van der Waals surface area contributed by atoms with E-state index in [2.05, 4.69) is 26.0 Å². The molecule has 0 saturated carbocycles. The van der Waals surface area contributed by atoms with Crippen LogP contribution in [0.5, 0.6) is 0 Å². The van der Waals surface area contributed by atoms with Crippen LogP contribution in [0.15, 0.2) is 47.6 Å². The lowest BCUT2D eigenvalue weighted by molar-refractivity contribution is -0.384. The molecule has 31 heavy (non-hydrogen) atoms. The Bertz CT molecular complexity index is 1180. The van der Waals surface area contributed by atoms with Crippen LogP contribution in [0.4, 0.5) is 10.8 Å². The zero-order valence-corrected chi connectivity index (χ0v) is 17.7. The lowest BCUT2D eigenvalue weighted by atomic mass is 10.2. The first kappa shape index (κ1) is 22.3. The number of nitro groups is 1. The number of nitro benzene ring substituents is 1. The minimum Gasteiger partial charge on any atom is -0.296 e. The Morgan fingerprint density at radius 2 is 1.94 bits per heavy atom. The van der Waals surface area contributed by atoms with Gasteiger partial charge in [0, 0.05) is 22.2 Å². The smallest absolute Gasteiger partial charge is 0.287 e. The fourth-order valence-corrected chi connectivity index (χ4v) is 3.44. The average molecular weight is 479 g/mol. The van der Waals surface area contributed by atoms with Gasteiger partial charge in [0.25, 0.3) is 11.6 Å². The molecule has 2 amide bonds. The first-order valence-electron chi connectivity index (χ1n) is 8.47. The molecule has 2 N–H and O–H groups in total. The standard InChI is InChI=1S/C18H12Cl2N6O4S/c19-12-4-2-1-3-11(12)9-21-23-15(27)8-16-24-25-18(31-16)22-17(28)10-5-6-14(26(29)30)13(20)7-10/h1-7,9H,8H2,(H,23,27)(H,22,25,28)/b21-9-. The summed E-state index contributed by atoms with van der Waals surface area (Å²) in [6.07, 6.45) is 1.32. The molecular weight excluding hydrogens is 467 g/mol. The Kier molecular flexibility index (Phi) is 7.23. The number of amides is 2. The number of rotatable bonds is 7. The predicted octanol–water partition coefficient (Wildman–Crippen LogP) is 3.70. The fourth-order valence-electron chi connectivity index (χ4n) is 2.27. The summed E-state index contributed by atoms with van der Waals surface area (Å²) < 4.78 is 0. The summed E-state index contributed by atoms with van der Waals surface area (Å²) in [4.78, 5) is 34.4. The van der Waals surface area contributed by atoms with E-state index in [4.69, 9.17) is 23.2 Å². The van der Waals surface area contributed by atoms with Crippen molar-refractivity contribution in [2.75, 3.05) is 5.32 Å². The van der Waals surface area contributed by atoms with E-state index in [1.807, 2.05) is 0 Å². The van der Waals surface area contributed by atoms with E-state index < -0.39 is 16.7 Å². The summed E-state index contributed by atoms with van der Waals surface area (Å²) in [6, 6.07) is 10.6. The number of aromatic nitrogens is 2. The van der Waals surface area contributed by atoms with Crippen molar-refractivity contribution < 1.29 is 14.5 Å². The number of hydrogen-bond acceptors (Lipinski definition) is 8. The number of nitrogens with zero attached hydrogens (tertiary/aromatic N) is 4. The van der Waals surface area contributed by atoms with Gasteiger partial charge in [-0.2, -0.15) is 5.10 Å². The predicted molar refractivity (Wildman–Crippen MR) is 117 cm³/mol. The van der Waals surface area contributed by atoms with Crippen molar-refractivity contribution in [1.29, 1.82) is 0 Å². The van der Waals surface area contributed by atoms with Crippen LogP contribution >= 0.6 is 34.5 Å². The molecular formula is C18H12Cl2N6O4S. The molecule has 10 nitrogen and oxygen atoms in total. The van der Waals surface area contributed by atoms with E-state index in [1.165, 1.54) is 18.3 Å². The third kappa shape index (κ3) is 6.04. The normalized spacial score (nSPS) is 10.8. The largest absolute Gasteiger partial charge is 0.296 e. The van der Waals surface area contributed by atoms with Crippen molar-refractivity contribution in [2.45, 2.75) is 6.42 Å². The third-order valence-electron chi connectivity index (χ3n) is 3.70. The van der Waals surface area contributed by atoms with Crippen molar-refractivity contribution >= 4 is 63.4 Å². The number of anilines is 1. The van der Waals surface area contributed by atoms with Crippen molar-refractivity contribution in [3.63, 3.8) is 0 Å². The number of benzene rings is 2. The topological polar surface area (TPSA) is 139 Å². The van der Waals surface area contributed by atoms with Gasteiger partial charge in [-0.3, -0.25) is 25.0 Å². The van der Waals surface area contributed by atoms with Gasteiger partial charge in [0.2, 0.25) is 11.0 Å². The molecule has 0 fully saturated rings. The lowest BCUT2D eigenvalue weighted by Crippen LogP contribution is -2.19.